The molecule has 0 aliphatic heterocycles. The van der Waals surface area contributed by atoms with E-state index in [1.165, 1.54) is 11.1 Å². The maximum absolute atomic E-state index is 6.47. The molecule has 2 aromatic rings. The summed E-state index contributed by atoms with van der Waals surface area (Å²) in [5.74, 6) is 0. The highest BCUT2D eigenvalue weighted by Crippen LogP contribution is 2.28. The van der Waals surface area contributed by atoms with Crippen molar-refractivity contribution in [2.45, 2.75) is 26.3 Å². The Bertz CT molecular complexity index is 566. The van der Waals surface area contributed by atoms with E-state index < -0.39 is 0 Å². The maximum atomic E-state index is 6.47. The summed E-state index contributed by atoms with van der Waals surface area (Å²) in [5, 5.41) is 4.40. The van der Waals surface area contributed by atoms with E-state index in [9.17, 15) is 0 Å². The van der Waals surface area contributed by atoms with E-state index in [4.69, 9.17) is 11.6 Å². The molecule has 1 nitrogen and oxygen atoms in total. The first-order valence-corrected chi connectivity index (χ1v) is 8.01. The van der Waals surface area contributed by atoms with Gasteiger partial charge in [-0.05, 0) is 48.7 Å². The molecule has 1 atom stereocenters. The van der Waals surface area contributed by atoms with Crippen molar-refractivity contribution in [2.75, 3.05) is 6.54 Å². The van der Waals surface area contributed by atoms with Crippen LogP contribution in [0.3, 0.4) is 0 Å². The van der Waals surface area contributed by atoms with Crippen molar-refractivity contribution in [3.63, 3.8) is 0 Å². The monoisotopic (exact) mass is 351 g/mol. The van der Waals surface area contributed by atoms with Crippen LogP contribution in [0.25, 0.3) is 0 Å². The molecule has 3 heteroatoms. The van der Waals surface area contributed by atoms with Gasteiger partial charge in [0.05, 0.1) is 0 Å². The Hall–Kier alpha value is -0.830. The van der Waals surface area contributed by atoms with Gasteiger partial charge in [0.1, 0.15) is 0 Å². The van der Waals surface area contributed by atoms with Crippen LogP contribution in [-0.2, 0) is 6.42 Å². The fraction of sp³-hybridized carbons (Fsp3) is 0.294. The van der Waals surface area contributed by atoms with Crippen molar-refractivity contribution >= 4 is 27.5 Å². The van der Waals surface area contributed by atoms with Crippen molar-refractivity contribution in [3.8, 4) is 0 Å². The summed E-state index contributed by atoms with van der Waals surface area (Å²) in [6, 6.07) is 14.9. The van der Waals surface area contributed by atoms with Gasteiger partial charge in [-0.2, -0.15) is 0 Å². The summed E-state index contributed by atoms with van der Waals surface area (Å²) in [6.07, 6.45) is 0.935. The lowest BCUT2D eigenvalue weighted by Crippen LogP contribution is -2.23. The molecule has 106 valence electrons. The third-order valence-corrected chi connectivity index (χ3v) is 4.45. The number of rotatable bonds is 5. The molecule has 1 unspecified atom stereocenters. The van der Waals surface area contributed by atoms with Gasteiger partial charge in [0.15, 0.2) is 0 Å². The molecule has 0 amide bonds. The van der Waals surface area contributed by atoms with Gasteiger partial charge in [-0.15, -0.1) is 0 Å². The second-order valence-corrected chi connectivity index (χ2v) is 6.21. The number of nitrogens with one attached hydrogen (secondary N) is 1. The molecule has 1 N–H and O–H groups in total. The number of hydrogen-bond donors (Lipinski definition) is 1. The number of benzene rings is 2. The molecule has 0 fully saturated rings. The van der Waals surface area contributed by atoms with Gasteiger partial charge in [0.25, 0.3) is 0 Å². The molecule has 0 heterocycles. The second-order valence-electron chi connectivity index (χ2n) is 4.92. The highest BCUT2D eigenvalue weighted by Gasteiger charge is 2.15. The first kappa shape index (κ1) is 15.6. The van der Waals surface area contributed by atoms with Crippen molar-refractivity contribution in [1.82, 2.24) is 5.32 Å². The van der Waals surface area contributed by atoms with E-state index >= 15 is 0 Å². The van der Waals surface area contributed by atoms with Gasteiger partial charge in [0.2, 0.25) is 0 Å². The quantitative estimate of drug-likeness (QED) is 0.769. The summed E-state index contributed by atoms with van der Waals surface area (Å²) < 4.78 is 1.11. The number of likely N-dealkylation sites (N-methyl/N-ethyl adjacent to an activating group) is 1. The average Bonchev–Trinajstić information content (AvgIpc) is 2.44. The van der Waals surface area contributed by atoms with Gasteiger partial charge in [-0.1, -0.05) is 64.8 Å². The molecule has 0 saturated carbocycles. The summed E-state index contributed by atoms with van der Waals surface area (Å²) in [4.78, 5) is 0. The lowest BCUT2D eigenvalue weighted by atomic mass is 9.97. The zero-order valence-corrected chi connectivity index (χ0v) is 14.1. The van der Waals surface area contributed by atoms with Gasteiger partial charge in [-0.25, -0.2) is 0 Å². The molecule has 2 aromatic carbocycles. The minimum absolute atomic E-state index is 0.244. The molecule has 0 aromatic heterocycles. The SMILES string of the molecule is CCNC(Cc1ccc(Br)cc1)c1cccc(C)c1Cl. The minimum Gasteiger partial charge on any atom is -0.310 e. The molecule has 20 heavy (non-hydrogen) atoms. The fourth-order valence-corrected chi connectivity index (χ4v) is 2.86. The molecular formula is C17H19BrClN. The van der Waals surface area contributed by atoms with E-state index in [-0.39, 0.29) is 6.04 Å². The van der Waals surface area contributed by atoms with Crippen LogP contribution in [-0.4, -0.2) is 6.54 Å². The molecule has 0 saturated heterocycles. The van der Waals surface area contributed by atoms with Crippen LogP contribution < -0.4 is 5.32 Å². The molecule has 2 rings (SSSR count). The third-order valence-electron chi connectivity index (χ3n) is 3.40. The molecule has 0 spiro atoms. The van der Waals surface area contributed by atoms with Gasteiger partial charge >= 0.3 is 0 Å². The van der Waals surface area contributed by atoms with Gasteiger partial charge in [0, 0.05) is 15.5 Å². The van der Waals surface area contributed by atoms with Crippen LogP contribution >= 0.6 is 27.5 Å². The summed E-state index contributed by atoms with van der Waals surface area (Å²) in [5.41, 5.74) is 3.61. The topological polar surface area (TPSA) is 12.0 Å². The highest BCUT2D eigenvalue weighted by molar-refractivity contribution is 9.10. The predicted octanol–water partition coefficient (Wildman–Crippen LogP) is 5.30. The third kappa shape index (κ3) is 3.85. The van der Waals surface area contributed by atoms with Crippen LogP contribution in [0.2, 0.25) is 5.02 Å². The average molecular weight is 353 g/mol. The van der Waals surface area contributed by atoms with E-state index in [1.807, 2.05) is 0 Å². The molecule has 0 aliphatic carbocycles. The van der Waals surface area contributed by atoms with Crippen molar-refractivity contribution in [3.05, 3.63) is 68.7 Å². The Kier molecular flexibility index (Phi) is 5.64. The lowest BCUT2D eigenvalue weighted by molar-refractivity contribution is 0.549. The molecule has 0 radical (unpaired) electrons. The molecule has 0 aliphatic rings. The van der Waals surface area contributed by atoms with Crippen LogP contribution in [0.15, 0.2) is 46.9 Å². The summed E-state index contributed by atoms with van der Waals surface area (Å²) in [7, 11) is 0. The Balaban J connectivity index is 2.26. The highest BCUT2D eigenvalue weighted by atomic mass is 79.9. The predicted molar refractivity (Wildman–Crippen MR) is 90.5 cm³/mol. The fourth-order valence-electron chi connectivity index (χ4n) is 2.33. The Morgan fingerprint density at radius 1 is 1.15 bits per heavy atom. The first-order chi connectivity index (χ1) is 9.61. The maximum Gasteiger partial charge on any atom is 0.0483 e. The van der Waals surface area contributed by atoms with E-state index in [1.54, 1.807) is 0 Å². The molecular weight excluding hydrogens is 334 g/mol. The van der Waals surface area contributed by atoms with Crippen LogP contribution in [0.4, 0.5) is 0 Å². The van der Waals surface area contributed by atoms with Gasteiger partial charge < -0.3 is 5.32 Å². The number of aryl methyl sites for hydroxylation is 1. The lowest BCUT2D eigenvalue weighted by Gasteiger charge is -2.20. The number of hydrogen-bond acceptors (Lipinski definition) is 1. The normalized spacial score (nSPS) is 12.4. The standard InChI is InChI=1S/C17H19BrClN/c1-3-20-16(11-13-7-9-14(18)10-8-13)15-6-4-5-12(2)17(15)19/h4-10,16,20H,3,11H2,1-2H3. The van der Waals surface area contributed by atoms with Crippen LogP contribution in [0.5, 0.6) is 0 Å². The van der Waals surface area contributed by atoms with E-state index in [0.717, 1.165) is 28.0 Å². The van der Waals surface area contributed by atoms with Crippen molar-refractivity contribution in [1.29, 1.82) is 0 Å². The van der Waals surface area contributed by atoms with Crippen molar-refractivity contribution in [2.24, 2.45) is 0 Å². The zero-order valence-electron chi connectivity index (χ0n) is 11.8. The Morgan fingerprint density at radius 2 is 1.85 bits per heavy atom. The first-order valence-electron chi connectivity index (χ1n) is 6.84. The smallest absolute Gasteiger partial charge is 0.0483 e. The Labute approximate surface area is 134 Å². The summed E-state index contributed by atoms with van der Waals surface area (Å²) in [6.45, 7) is 5.10. The zero-order chi connectivity index (χ0) is 14.5. The largest absolute Gasteiger partial charge is 0.310 e. The second kappa shape index (κ2) is 7.26. The van der Waals surface area contributed by atoms with Gasteiger partial charge in [-0.3, -0.25) is 0 Å². The van der Waals surface area contributed by atoms with Crippen LogP contribution in [0.1, 0.15) is 29.7 Å². The van der Waals surface area contributed by atoms with E-state index in [0.29, 0.717) is 0 Å². The van der Waals surface area contributed by atoms with E-state index in [2.05, 4.69) is 77.6 Å². The summed E-state index contributed by atoms with van der Waals surface area (Å²) >= 11 is 9.94. The number of halogens is 2. The van der Waals surface area contributed by atoms with Crippen molar-refractivity contribution < 1.29 is 0 Å². The Morgan fingerprint density at radius 3 is 2.50 bits per heavy atom. The molecule has 0 bridgehead atoms. The minimum atomic E-state index is 0.244. The van der Waals surface area contributed by atoms with Crippen LogP contribution in [0, 0.1) is 6.92 Å².